The maximum Gasteiger partial charge on any atom is 0.315 e. The van der Waals surface area contributed by atoms with Gasteiger partial charge in [-0.1, -0.05) is 23.2 Å². The summed E-state index contributed by atoms with van der Waals surface area (Å²) in [5.74, 6) is 0. The highest BCUT2D eigenvalue weighted by molar-refractivity contribution is 7.90. The molecule has 1 rings (SSSR count). The lowest BCUT2D eigenvalue weighted by Gasteiger charge is -2.06. The van der Waals surface area contributed by atoms with Crippen molar-refractivity contribution in [3.05, 3.63) is 26.6 Å². The fourth-order valence-corrected chi connectivity index (χ4v) is 2.26. The summed E-state index contributed by atoms with van der Waals surface area (Å²) in [7, 11) is -4.39. The van der Waals surface area contributed by atoms with Crippen molar-refractivity contribution in [2.24, 2.45) is 0 Å². The summed E-state index contributed by atoms with van der Waals surface area (Å²) in [5.41, 5.74) is 8.48. The Morgan fingerprint density at radius 3 is 2.50 bits per heavy atom. The fourth-order valence-electron chi connectivity index (χ4n) is 0.893. The molecule has 0 saturated carbocycles. The van der Waals surface area contributed by atoms with E-state index in [1.165, 1.54) is 0 Å². The molecule has 1 aliphatic rings. The molecule has 0 heterocycles. The van der Waals surface area contributed by atoms with Gasteiger partial charge in [0.05, 0.1) is 11.5 Å². The van der Waals surface area contributed by atoms with E-state index in [2.05, 4.69) is 4.79 Å². The molecule has 0 amide bonds. The normalized spacial score (nSPS) is 17.9. The number of rotatable bonds is 1. The van der Waals surface area contributed by atoms with Gasteiger partial charge < -0.3 is 5.53 Å². The van der Waals surface area contributed by atoms with Gasteiger partial charge in [0.15, 0.2) is 0 Å². The molecule has 0 aromatic heterocycles. The van der Waals surface area contributed by atoms with Crippen molar-refractivity contribution in [2.75, 3.05) is 0 Å². The summed E-state index contributed by atoms with van der Waals surface area (Å²) in [6, 6.07) is 0. The Morgan fingerprint density at radius 1 is 1.50 bits per heavy atom. The van der Waals surface area contributed by atoms with E-state index in [0.29, 0.717) is 0 Å². The lowest BCUT2D eigenvalue weighted by Crippen LogP contribution is -2.12. The van der Waals surface area contributed by atoms with Crippen LogP contribution in [0.3, 0.4) is 0 Å². The molecule has 0 radical (unpaired) electrons. The Hall–Kier alpha value is -0.650. The summed E-state index contributed by atoms with van der Waals surface area (Å²) in [4.78, 5) is 2.34. The molecule has 5 nitrogen and oxygen atoms in total. The van der Waals surface area contributed by atoms with Crippen LogP contribution in [0, 0.1) is 0 Å². The summed E-state index contributed by atoms with van der Waals surface area (Å²) in [5, 5.41) is -0.228. The molecule has 0 bridgehead atoms. The van der Waals surface area contributed by atoms with Crippen LogP contribution in [-0.4, -0.2) is 23.5 Å². The van der Waals surface area contributed by atoms with Crippen LogP contribution in [0.25, 0.3) is 5.53 Å². The second kappa shape index (κ2) is 3.84. The van der Waals surface area contributed by atoms with Gasteiger partial charge in [-0.25, -0.2) is 0 Å². The van der Waals surface area contributed by atoms with E-state index >= 15 is 0 Å². The average Bonchev–Trinajstić information content (AvgIpc) is 2.06. The van der Waals surface area contributed by atoms with Gasteiger partial charge in [-0.05, 0) is 6.08 Å². The number of allylic oxidation sites excluding steroid dienone is 3. The minimum atomic E-state index is -4.39. The number of halogens is 2. The van der Waals surface area contributed by atoms with E-state index in [-0.39, 0.29) is 22.2 Å². The Bertz CT molecular complexity index is 485. The SMILES string of the molecule is [N-]=[N+]=C1CC(Cl)=C(S(=O)(=O)O)C=C1Cl. The van der Waals surface area contributed by atoms with Crippen molar-refractivity contribution >= 4 is 39.0 Å². The number of hydrogen-bond acceptors (Lipinski definition) is 2. The minimum Gasteiger partial charge on any atom is -0.361 e. The van der Waals surface area contributed by atoms with Gasteiger partial charge in [-0.15, -0.1) is 0 Å². The van der Waals surface area contributed by atoms with Crippen molar-refractivity contribution in [1.82, 2.24) is 0 Å². The van der Waals surface area contributed by atoms with Gasteiger partial charge >= 0.3 is 5.71 Å². The fraction of sp³-hybridized carbons (Fsp3) is 0.167. The second-order valence-corrected chi connectivity index (χ2v) is 4.71. The van der Waals surface area contributed by atoms with Gasteiger partial charge in [0, 0.05) is 0 Å². The summed E-state index contributed by atoms with van der Waals surface area (Å²) in [6.07, 6.45) is 0.792. The number of nitrogens with zero attached hydrogens (tertiary/aromatic N) is 2. The molecule has 76 valence electrons. The van der Waals surface area contributed by atoms with Crippen LogP contribution in [0.5, 0.6) is 0 Å². The quantitative estimate of drug-likeness (QED) is 0.437. The maximum absolute atomic E-state index is 10.7. The van der Waals surface area contributed by atoms with Crippen LogP contribution < -0.4 is 0 Å². The highest BCUT2D eigenvalue weighted by atomic mass is 35.5. The minimum absolute atomic E-state index is 0.0454. The van der Waals surface area contributed by atoms with Gasteiger partial charge in [-0.3, -0.25) is 4.55 Å². The molecule has 1 N–H and O–H groups in total. The molecular weight excluding hydrogens is 251 g/mol. The van der Waals surface area contributed by atoms with Crippen LogP contribution in [0.1, 0.15) is 6.42 Å². The third-order valence-corrected chi connectivity index (χ3v) is 3.22. The first-order chi connectivity index (χ1) is 6.36. The highest BCUT2D eigenvalue weighted by Crippen LogP contribution is 2.28. The topological polar surface area (TPSA) is 90.8 Å². The monoisotopic (exact) mass is 254 g/mol. The Labute approximate surface area is 90.0 Å². The molecule has 14 heavy (non-hydrogen) atoms. The summed E-state index contributed by atoms with van der Waals surface area (Å²) in [6.45, 7) is 0. The maximum atomic E-state index is 10.7. The van der Waals surface area contributed by atoms with E-state index in [0.717, 1.165) is 6.08 Å². The smallest absolute Gasteiger partial charge is 0.315 e. The van der Waals surface area contributed by atoms with Crippen LogP contribution in [0.4, 0.5) is 0 Å². The zero-order valence-corrected chi connectivity index (χ0v) is 8.94. The van der Waals surface area contributed by atoms with Crippen molar-refractivity contribution in [1.29, 1.82) is 0 Å². The zero-order chi connectivity index (χ0) is 10.9. The second-order valence-electron chi connectivity index (χ2n) is 2.46. The zero-order valence-electron chi connectivity index (χ0n) is 6.61. The molecule has 0 unspecified atom stereocenters. The van der Waals surface area contributed by atoms with Gasteiger partial charge in [0.2, 0.25) is 0 Å². The van der Waals surface area contributed by atoms with Gasteiger partial charge in [0.25, 0.3) is 10.1 Å². The number of hydrogen-bond donors (Lipinski definition) is 1. The van der Waals surface area contributed by atoms with Crippen LogP contribution in [-0.2, 0) is 10.1 Å². The van der Waals surface area contributed by atoms with E-state index in [4.69, 9.17) is 33.3 Å². The third-order valence-electron chi connectivity index (χ3n) is 1.52. The molecule has 0 aromatic rings. The largest absolute Gasteiger partial charge is 0.361 e. The first-order valence-corrected chi connectivity index (χ1v) is 5.50. The molecule has 8 heteroatoms. The first-order valence-electron chi connectivity index (χ1n) is 3.31. The lowest BCUT2D eigenvalue weighted by molar-refractivity contribution is -0.00588. The Morgan fingerprint density at radius 2 is 2.07 bits per heavy atom. The summed E-state index contributed by atoms with van der Waals surface area (Å²) < 4.78 is 30.2. The first kappa shape index (κ1) is 11.4. The van der Waals surface area contributed by atoms with E-state index in [1.54, 1.807) is 0 Å². The average molecular weight is 255 g/mol. The van der Waals surface area contributed by atoms with Crippen LogP contribution >= 0.6 is 23.2 Å². The predicted molar refractivity (Wildman–Crippen MR) is 51.6 cm³/mol. The van der Waals surface area contributed by atoms with E-state index < -0.39 is 15.0 Å². The van der Waals surface area contributed by atoms with Crippen LogP contribution in [0.15, 0.2) is 21.0 Å². The molecule has 0 fully saturated rings. The van der Waals surface area contributed by atoms with Crippen molar-refractivity contribution in [3.63, 3.8) is 0 Å². The Balaban J connectivity index is 3.34. The lowest BCUT2D eigenvalue weighted by atomic mass is 10.1. The third kappa shape index (κ3) is 2.23. The van der Waals surface area contributed by atoms with Gasteiger partial charge in [-0.2, -0.15) is 13.2 Å². The van der Waals surface area contributed by atoms with E-state index in [9.17, 15) is 8.42 Å². The molecule has 0 aromatic carbocycles. The molecule has 1 aliphatic carbocycles. The predicted octanol–water partition coefficient (Wildman–Crippen LogP) is 1.52. The van der Waals surface area contributed by atoms with Crippen LogP contribution in [0.2, 0.25) is 0 Å². The molecule has 0 saturated heterocycles. The molecule has 0 aliphatic heterocycles. The van der Waals surface area contributed by atoms with E-state index in [1.807, 2.05) is 0 Å². The van der Waals surface area contributed by atoms with Crippen molar-refractivity contribution in [3.8, 4) is 0 Å². The van der Waals surface area contributed by atoms with Gasteiger partial charge in [0.1, 0.15) is 9.94 Å². The standard InChI is InChI=1S/C6H4Cl2N2O3S/c7-3-2-6(14(11,12)13)4(8)1-5(3)10-9/h2H,1H2,(H,11,12,13). The molecular formula is C6H4Cl2N2O3S. The van der Waals surface area contributed by atoms with Crippen molar-refractivity contribution in [2.45, 2.75) is 6.42 Å². The molecule has 0 spiro atoms. The summed E-state index contributed by atoms with van der Waals surface area (Å²) >= 11 is 11.1. The molecule has 0 atom stereocenters. The van der Waals surface area contributed by atoms with Crippen molar-refractivity contribution < 1.29 is 17.8 Å². The Kier molecular flexibility index (Phi) is 3.14. The highest BCUT2D eigenvalue weighted by Gasteiger charge is 2.28.